The standard InChI is InChI=1S/C14H25N3O2/c1-5-10-8-11(10)16-12-9-17(7-6-15-12)13(18)19-14(2,3)4/h10-11H,5-9H2,1-4H3,(H,15,16). The van der Waals surface area contributed by atoms with Crippen LogP contribution in [0.25, 0.3) is 0 Å². The van der Waals surface area contributed by atoms with E-state index in [0.29, 0.717) is 25.7 Å². The summed E-state index contributed by atoms with van der Waals surface area (Å²) in [5, 5.41) is 3.44. The van der Waals surface area contributed by atoms with Gasteiger partial charge in [0, 0.05) is 12.6 Å². The van der Waals surface area contributed by atoms with Crippen LogP contribution in [0.2, 0.25) is 0 Å². The summed E-state index contributed by atoms with van der Waals surface area (Å²) in [5.41, 5.74) is -0.441. The lowest BCUT2D eigenvalue weighted by Gasteiger charge is -2.30. The molecule has 1 aliphatic heterocycles. The number of amides is 1. The fourth-order valence-corrected chi connectivity index (χ4v) is 2.28. The second kappa shape index (κ2) is 5.39. The fourth-order valence-electron chi connectivity index (χ4n) is 2.28. The van der Waals surface area contributed by atoms with Crippen molar-refractivity contribution < 1.29 is 9.53 Å². The molecule has 1 fully saturated rings. The molecule has 0 spiro atoms. The first-order valence-corrected chi connectivity index (χ1v) is 7.17. The number of ether oxygens (including phenoxy) is 1. The van der Waals surface area contributed by atoms with Gasteiger partial charge in [0.25, 0.3) is 0 Å². The summed E-state index contributed by atoms with van der Waals surface area (Å²) < 4.78 is 5.39. The Hall–Kier alpha value is -1.26. The molecule has 0 aromatic heterocycles. The van der Waals surface area contributed by atoms with Gasteiger partial charge in [0.15, 0.2) is 0 Å². The minimum absolute atomic E-state index is 0.246. The second-order valence-corrected chi connectivity index (χ2v) is 6.39. The van der Waals surface area contributed by atoms with Gasteiger partial charge in [0.1, 0.15) is 11.4 Å². The van der Waals surface area contributed by atoms with Crippen LogP contribution < -0.4 is 5.32 Å². The maximum absolute atomic E-state index is 12.0. The van der Waals surface area contributed by atoms with Crippen molar-refractivity contribution in [1.82, 2.24) is 10.2 Å². The lowest BCUT2D eigenvalue weighted by Crippen LogP contribution is -2.47. The Morgan fingerprint density at radius 3 is 2.84 bits per heavy atom. The van der Waals surface area contributed by atoms with Crippen molar-refractivity contribution in [1.29, 1.82) is 0 Å². The zero-order valence-electron chi connectivity index (χ0n) is 12.4. The van der Waals surface area contributed by atoms with Crippen LogP contribution in [0.15, 0.2) is 4.99 Å². The Balaban J connectivity index is 1.83. The lowest BCUT2D eigenvalue weighted by molar-refractivity contribution is 0.0276. The van der Waals surface area contributed by atoms with Crippen molar-refractivity contribution >= 4 is 11.9 Å². The molecule has 0 saturated heterocycles. The summed E-state index contributed by atoms with van der Waals surface area (Å²) >= 11 is 0. The summed E-state index contributed by atoms with van der Waals surface area (Å²) in [4.78, 5) is 18.2. The highest BCUT2D eigenvalue weighted by atomic mass is 16.6. The normalized spacial score (nSPS) is 26.7. The molecule has 2 aliphatic rings. The smallest absolute Gasteiger partial charge is 0.410 e. The number of carbonyl (C=O) groups is 1. The Bertz CT molecular complexity index is 373. The number of carbonyl (C=O) groups excluding carboxylic acids is 1. The lowest BCUT2D eigenvalue weighted by atomic mass is 10.2. The van der Waals surface area contributed by atoms with Crippen LogP contribution in [-0.2, 0) is 4.74 Å². The second-order valence-electron chi connectivity index (χ2n) is 6.39. The third-order valence-electron chi connectivity index (χ3n) is 3.46. The molecular weight excluding hydrogens is 242 g/mol. The summed E-state index contributed by atoms with van der Waals surface area (Å²) in [5.74, 6) is 1.71. The van der Waals surface area contributed by atoms with Crippen LogP contribution in [0.3, 0.4) is 0 Å². The van der Waals surface area contributed by atoms with E-state index in [1.807, 2.05) is 20.8 Å². The molecule has 5 nitrogen and oxygen atoms in total. The van der Waals surface area contributed by atoms with E-state index in [2.05, 4.69) is 17.2 Å². The maximum Gasteiger partial charge on any atom is 0.410 e. The van der Waals surface area contributed by atoms with E-state index in [1.54, 1.807) is 4.90 Å². The van der Waals surface area contributed by atoms with Crippen LogP contribution >= 0.6 is 0 Å². The molecule has 19 heavy (non-hydrogen) atoms. The van der Waals surface area contributed by atoms with Crippen molar-refractivity contribution in [3.8, 4) is 0 Å². The van der Waals surface area contributed by atoms with Gasteiger partial charge in [0.05, 0.1) is 13.1 Å². The predicted molar refractivity (Wildman–Crippen MR) is 75.4 cm³/mol. The fraction of sp³-hybridized carbons (Fsp3) is 0.857. The Labute approximate surface area is 115 Å². The molecule has 0 radical (unpaired) electrons. The first-order valence-electron chi connectivity index (χ1n) is 7.17. The Morgan fingerprint density at radius 2 is 2.26 bits per heavy atom. The largest absolute Gasteiger partial charge is 0.444 e. The predicted octanol–water partition coefficient (Wildman–Crippen LogP) is 2.02. The van der Waals surface area contributed by atoms with Crippen LogP contribution in [0.4, 0.5) is 4.79 Å². The van der Waals surface area contributed by atoms with Crippen molar-refractivity contribution in [2.75, 3.05) is 19.6 Å². The summed E-state index contributed by atoms with van der Waals surface area (Å²) in [6.07, 6.45) is 2.19. The first-order chi connectivity index (χ1) is 8.89. The van der Waals surface area contributed by atoms with Gasteiger partial charge in [-0.3, -0.25) is 9.89 Å². The van der Waals surface area contributed by atoms with E-state index < -0.39 is 5.60 Å². The molecule has 5 heteroatoms. The molecule has 1 amide bonds. The molecular formula is C14H25N3O2. The minimum atomic E-state index is -0.441. The summed E-state index contributed by atoms with van der Waals surface area (Å²) in [7, 11) is 0. The number of nitrogens with one attached hydrogen (secondary N) is 1. The van der Waals surface area contributed by atoms with Crippen LogP contribution in [0.1, 0.15) is 40.5 Å². The van der Waals surface area contributed by atoms with Crippen LogP contribution in [-0.4, -0.2) is 48.1 Å². The molecule has 0 aromatic carbocycles. The summed E-state index contributed by atoms with van der Waals surface area (Å²) in [6, 6.07) is 0.558. The molecule has 0 bridgehead atoms. The van der Waals surface area contributed by atoms with E-state index in [-0.39, 0.29) is 6.09 Å². The van der Waals surface area contributed by atoms with Crippen molar-refractivity contribution in [3.05, 3.63) is 0 Å². The van der Waals surface area contributed by atoms with Gasteiger partial charge in [-0.15, -0.1) is 0 Å². The van der Waals surface area contributed by atoms with Crippen molar-refractivity contribution in [3.63, 3.8) is 0 Å². The van der Waals surface area contributed by atoms with Gasteiger partial charge < -0.3 is 10.1 Å². The number of nitrogens with zero attached hydrogens (tertiary/aromatic N) is 2. The van der Waals surface area contributed by atoms with E-state index in [1.165, 1.54) is 12.8 Å². The van der Waals surface area contributed by atoms with Gasteiger partial charge in [-0.25, -0.2) is 4.79 Å². The topological polar surface area (TPSA) is 53.9 Å². The quantitative estimate of drug-likeness (QED) is 0.833. The molecule has 1 N–H and O–H groups in total. The third kappa shape index (κ3) is 4.11. The number of rotatable bonds is 2. The Morgan fingerprint density at radius 1 is 1.53 bits per heavy atom. The highest BCUT2D eigenvalue weighted by molar-refractivity contribution is 5.88. The average molecular weight is 267 g/mol. The van der Waals surface area contributed by atoms with Crippen molar-refractivity contribution in [2.24, 2.45) is 10.9 Å². The molecule has 1 aliphatic carbocycles. The molecule has 0 aromatic rings. The molecule has 2 unspecified atom stereocenters. The molecule has 2 rings (SSSR count). The number of hydrogen-bond acceptors (Lipinski definition) is 4. The van der Waals surface area contributed by atoms with Gasteiger partial charge >= 0.3 is 6.09 Å². The van der Waals surface area contributed by atoms with Gasteiger partial charge in [0.2, 0.25) is 0 Å². The van der Waals surface area contributed by atoms with E-state index >= 15 is 0 Å². The third-order valence-corrected chi connectivity index (χ3v) is 3.46. The number of amidine groups is 1. The van der Waals surface area contributed by atoms with E-state index in [4.69, 9.17) is 4.74 Å². The van der Waals surface area contributed by atoms with Gasteiger partial charge in [-0.05, 0) is 33.1 Å². The number of hydrogen-bond donors (Lipinski definition) is 1. The van der Waals surface area contributed by atoms with E-state index in [9.17, 15) is 4.79 Å². The zero-order chi connectivity index (χ0) is 14.0. The molecule has 1 saturated carbocycles. The van der Waals surface area contributed by atoms with E-state index in [0.717, 1.165) is 11.8 Å². The molecule has 108 valence electrons. The monoisotopic (exact) mass is 267 g/mol. The Kier molecular flexibility index (Phi) is 4.02. The van der Waals surface area contributed by atoms with Crippen LogP contribution in [0.5, 0.6) is 0 Å². The van der Waals surface area contributed by atoms with Crippen molar-refractivity contribution in [2.45, 2.75) is 52.2 Å². The first kappa shape index (κ1) is 14.2. The number of aliphatic imine (C=N–C) groups is 1. The molecule has 2 atom stereocenters. The maximum atomic E-state index is 12.0. The molecule has 1 heterocycles. The summed E-state index contributed by atoms with van der Waals surface area (Å²) in [6.45, 7) is 9.71. The minimum Gasteiger partial charge on any atom is -0.444 e. The van der Waals surface area contributed by atoms with Crippen LogP contribution in [0, 0.1) is 5.92 Å². The highest BCUT2D eigenvalue weighted by Gasteiger charge is 2.36. The van der Waals surface area contributed by atoms with Gasteiger partial charge in [-0.1, -0.05) is 13.3 Å². The average Bonchev–Trinajstić information content (AvgIpc) is 3.05. The van der Waals surface area contributed by atoms with Gasteiger partial charge in [-0.2, -0.15) is 0 Å². The SMILES string of the molecule is CCC1CC1NC1=NCCN(C(=O)OC(C)(C)C)C1. The zero-order valence-corrected chi connectivity index (χ0v) is 12.4. The highest BCUT2D eigenvalue weighted by Crippen LogP contribution is 2.33.